The van der Waals surface area contributed by atoms with E-state index in [1.807, 2.05) is 24.3 Å². The van der Waals surface area contributed by atoms with Crippen LogP contribution in [0, 0.1) is 5.92 Å². The Bertz CT molecular complexity index is 1200. The Morgan fingerprint density at radius 3 is 2.36 bits per heavy atom. The molecule has 212 valence electrons. The van der Waals surface area contributed by atoms with Gasteiger partial charge in [0.1, 0.15) is 5.82 Å². The van der Waals surface area contributed by atoms with Crippen LogP contribution in [0.15, 0.2) is 41.3 Å². The van der Waals surface area contributed by atoms with Gasteiger partial charge in [0.25, 0.3) is 0 Å². The Morgan fingerprint density at radius 1 is 1.08 bits per heavy atom. The van der Waals surface area contributed by atoms with Gasteiger partial charge < -0.3 is 26.2 Å². The van der Waals surface area contributed by atoms with E-state index in [2.05, 4.69) is 22.1 Å². The zero-order valence-corrected chi connectivity index (χ0v) is 23.3. The predicted octanol–water partition coefficient (Wildman–Crippen LogP) is 1.25. The molecule has 0 bridgehead atoms. The van der Waals surface area contributed by atoms with E-state index in [0.29, 0.717) is 37.8 Å². The van der Waals surface area contributed by atoms with Crippen LogP contribution in [0.5, 0.6) is 0 Å². The highest BCUT2D eigenvalue weighted by atomic mass is 16.2. The highest BCUT2D eigenvalue weighted by Crippen LogP contribution is 2.19. The average molecular weight is 539 g/mol. The van der Waals surface area contributed by atoms with Gasteiger partial charge in [-0.15, -0.1) is 0 Å². The van der Waals surface area contributed by atoms with Gasteiger partial charge in [-0.25, -0.2) is 9.59 Å². The normalized spacial score (nSPS) is 19.6. The molecular formula is C28H42N8O3. The van der Waals surface area contributed by atoms with Crippen LogP contribution < -0.4 is 22.5 Å². The van der Waals surface area contributed by atoms with Crippen molar-refractivity contribution in [3.8, 4) is 5.69 Å². The zero-order valence-electron chi connectivity index (χ0n) is 23.3. The second-order valence-electron chi connectivity index (χ2n) is 11.4. The first-order valence-electron chi connectivity index (χ1n) is 13.8. The van der Waals surface area contributed by atoms with Crippen LogP contribution in [0.25, 0.3) is 5.69 Å². The summed E-state index contributed by atoms with van der Waals surface area (Å²) in [6.45, 7) is 10.2. The van der Waals surface area contributed by atoms with E-state index < -0.39 is 11.2 Å². The molecule has 4 rings (SSSR count). The van der Waals surface area contributed by atoms with Crippen molar-refractivity contribution in [2.24, 2.45) is 17.4 Å². The summed E-state index contributed by atoms with van der Waals surface area (Å²) in [7, 11) is 0. The molecule has 1 aromatic carbocycles. The number of carbonyl (C=O) groups is 2. The van der Waals surface area contributed by atoms with Gasteiger partial charge >= 0.3 is 11.7 Å². The highest BCUT2D eigenvalue weighted by molar-refractivity contribution is 5.89. The molecule has 3 amide bonds. The maximum atomic E-state index is 12.7. The van der Waals surface area contributed by atoms with Crippen LogP contribution in [-0.2, 0) is 11.2 Å². The number of carbonyl (C=O) groups excluding carboxylic acids is 2. The average Bonchev–Trinajstić information content (AvgIpc) is 2.91. The lowest BCUT2D eigenvalue weighted by atomic mass is 9.92. The molecule has 2 aromatic rings. The molecule has 1 aromatic heterocycles. The lowest BCUT2D eigenvalue weighted by Crippen LogP contribution is -2.58. The molecule has 0 spiro atoms. The highest BCUT2D eigenvalue weighted by Gasteiger charge is 2.31. The fourth-order valence-electron chi connectivity index (χ4n) is 5.21. The monoisotopic (exact) mass is 538 g/mol. The number of aromatic nitrogens is 2. The maximum Gasteiger partial charge on any atom is 0.354 e. The minimum absolute atomic E-state index is 0.141. The Labute approximate surface area is 230 Å². The maximum absolute atomic E-state index is 12.7. The van der Waals surface area contributed by atoms with Crippen LogP contribution in [-0.4, -0.2) is 93.6 Å². The van der Waals surface area contributed by atoms with Crippen molar-refractivity contribution >= 4 is 17.8 Å². The number of amides is 3. The van der Waals surface area contributed by atoms with Gasteiger partial charge in [-0.05, 0) is 76.3 Å². The van der Waals surface area contributed by atoms with Gasteiger partial charge in [0.05, 0.1) is 11.2 Å². The number of hydrogen-bond donors (Lipinski definition) is 3. The van der Waals surface area contributed by atoms with Crippen molar-refractivity contribution in [3.05, 3.63) is 52.6 Å². The number of likely N-dealkylation sites (tertiary alicyclic amines) is 1. The smallest absolute Gasteiger partial charge is 0.338 e. The summed E-state index contributed by atoms with van der Waals surface area (Å²) in [6, 6.07) is 9.40. The van der Waals surface area contributed by atoms with Gasteiger partial charge in [-0.2, -0.15) is 4.98 Å². The summed E-state index contributed by atoms with van der Waals surface area (Å²) in [4.78, 5) is 47.6. The zero-order chi connectivity index (χ0) is 28.2. The van der Waals surface area contributed by atoms with Gasteiger partial charge in [-0.3, -0.25) is 14.7 Å². The first-order chi connectivity index (χ1) is 18.5. The van der Waals surface area contributed by atoms with Crippen molar-refractivity contribution in [2.45, 2.75) is 51.6 Å². The fourth-order valence-corrected chi connectivity index (χ4v) is 5.21. The van der Waals surface area contributed by atoms with Crippen molar-refractivity contribution in [1.82, 2.24) is 24.3 Å². The molecule has 2 aliphatic heterocycles. The molecule has 2 saturated heterocycles. The first kappa shape index (κ1) is 28.7. The van der Waals surface area contributed by atoms with E-state index in [1.54, 1.807) is 35.9 Å². The van der Waals surface area contributed by atoms with Crippen LogP contribution in [0.1, 0.15) is 39.2 Å². The molecule has 0 aliphatic carbocycles. The van der Waals surface area contributed by atoms with Crippen molar-refractivity contribution < 1.29 is 9.59 Å². The van der Waals surface area contributed by atoms with Crippen molar-refractivity contribution in [2.75, 3.05) is 51.1 Å². The number of anilines is 1. The molecule has 2 unspecified atom stereocenters. The Hall–Kier alpha value is -3.28. The molecule has 0 radical (unpaired) electrons. The molecule has 2 atom stereocenters. The number of nitrogens with zero attached hydrogens (tertiary/aromatic N) is 5. The number of piperazine rings is 1. The summed E-state index contributed by atoms with van der Waals surface area (Å²) in [5.41, 5.74) is 12.5. The molecule has 2 aliphatic rings. The van der Waals surface area contributed by atoms with Gasteiger partial charge in [-0.1, -0.05) is 12.1 Å². The second-order valence-corrected chi connectivity index (χ2v) is 11.4. The number of nitrogens with two attached hydrogens (primary N) is 2. The van der Waals surface area contributed by atoms with Gasteiger partial charge in [0, 0.05) is 51.5 Å². The number of benzene rings is 1. The number of hydrogen-bond acceptors (Lipinski definition) is 7. The molecule has 2 fully saturated rings. The Balaban J connectivity index is 1.29. The van der Waals surface area contributed by atoms with Crippen LogP contribution in [0.4, 0.5) is 10.6 Å². The number of piperidine rings is 1. The first-order valence-corrected chi connectivity index (χ1v) is 13.8. The summed E-state index contributed by atoms with van der Waals surface area (Å²) in [6.07, 6.45) is 4.96. The summed E-state index contributed by atoms with van der Waals surface area (Å²) in [5.74, 6) is 0.613. The standard InChI is InChI=1S/C28H42N8O3/c1-20(29)22-5-4-12-33(19-22)13-10-21-6-8-23(9-7-21)36-14-11-24(32-27(36)39)31-26(38)35-17-15-34(16-18-35)25(37)28(2,3)30/h6-9,11,14,20,22H,4-5,10,12-13,15-19,29-30H2,1-3H3,(H,31,32,38,39). The SMILES string of the molecule is CC(N)C1CCCN(CCc2ccc(-n3ccc(NC(=O)N4CCN(C(=O)C(C)(C)N)CC4)nc3=O)cc2)C1. The van der Waals surface area contributed by atoms with Gasteiger partial charge in [0.15, 0.2) is 0 Å². The summed E-state index contributed by atoms with van der Waals surface area (Å²) < 4.78 is 1.45. The largest absolute Gasteiger partial charge is 0.354 e. The third-order valence-electron chi connectivity index (χ3n) is 7.66. The third-order valence-corrected chi connectivity index (χ3v) is 7.66. The third kappa shape index (κ3) is 7.43. The van der Waals surface area contributed by atoms with Gasteiger partial charge in [0.2, 0.25) is 5.91 Å². The lowest BCUT2D eigenvalue weighted by Gasteiger charge is -2.37. The number of rotatable bonds is 7. The van der Waals surface area contributed by atoms with E-state index in [1.165, 1.54) is 23.0 Å². The van der Waals surface area contributed by atoms with Crippen LogP contribution in [0.3, 0.4) is 0 Å². The predicted molar refractivity (Wildman–Crippen MR) is 152 cm³/mol. The lowest BCUT2D eigenvalue weighted by molar-refractivity contribution is -0.137. The minimum Gasteiger partial charge on any atom is -0.338 e. The summed E-state index contributed by atoms with van der Waals surface area (Å²) in [5, 5.41) is 2.69. The van der Waals surface area contributed by atoms with E-state index in [9.17, 15) is 14.4 Å². The summed E-state index contributed by atoms with van der Waals surface area (Å²) >= 11 is 0. The van der Waals surface area contributed by atoms with E-state index >= 15 is 0 Å². The topological polar surface area (TPSA) is 143 Å². The minimum atomic E-state index is -0.945. The molecule has 5 N–H and O–H groups in total. The number of nitrogens with one attached hydrogen (secondary N) is 1. The quantitative estimate of drug-likeness (QED) is 0.481. The fraction of sp³-hybridized carbons (Fsp3) is 0.571. The Kier molecular flexibility index (Phi) is 9.04. The second kappa shape index (κ2) is 12.3. The van der Waals surface area contributed by atoms with E-state index in [0.717, 1.165) is 26.1 Å². The van der Waals surface area contributed by atoms with Crippen molar-refractivity contribution in [1.29, 1.82) is 0 Å². The molecule has 39 heavy (non-hydrogen) atoms. The molecular weight excluding hydrogens is 496 g/mol. The number of urea groups is 1. The molecule has 11 nitrogen and oxygen atoms in total. The van der Waals surface area contributed by atoms with Crippen LogP contribution >= 0.6 is 0 Å². The Morgan fingerprint density at radius 2 is 1.74 bits per heavy atom. The van der Waals surface area contributed by atoms with Crippen molar-refractivity contribution in [3.63, 3.8) is 0 Å². The van der Waals surface area contributed by atoms with E-state index in [-0.39, 0.29) is 23.8 Å². The molecule has 11 heteroatoms. The van der Waals surface area contributed by atoms with E-state index in [4.69, 9.17) is 11.5 Å². The van der Waals surface area contributed by atoms with Crippen LogP contribution in [0.2, 0.25) is 0 Å². The molecule has 0 saturated carbocycles. The molecule has 3 heterocycles.